The average molecular weight is 374 g/mol. The molecule has 6 heteroatoms. The van der Waals surface area contributed by atoms with Crippen molar-refractivity contribution in [3.63, 3.8) is 0 Å². The van der Waals surface area contributed by atoms with E-state index in [1.54, 1.807) is 6.07 Å². The molecule has 3 nitrogen and oxygen atoms in total. The Hall–Kier alpha value is -0.690. The number of thiophene rings is 1. The predicted molar refractivity (Wildman–Crippen MR) is 86.6 cm³/mol. The SMILES string of the molecule is CCc1ccc(CNS(=O)(=O)c2cc(C)c(Br)s2)cc1. The Morgan fingerprint density at radius 1 is 1.20 bits per heavy atom. The van der Waals surface area contributed by atoms with Gasteiger partial charge in [0.25, 0.3) is 0 Å². The van der Waals surface area contributed by atoms with Crippen LogP contribution in [0.25, 0.3) is 0 Å². The van der Waals surface area contributed by atoms with Crippen LogP contribution in [0.2, 0.25) is 0 Å². The fourth-order valence-electron chi connectivity index (χ4n) is 1.71. The molecule has 108 valence electrons. The monoisotopic (exact) mass is 373 g/mol. The molecule has 0 saturated heterocycles. The van der Waals surface area contributed by atoms with Crippen molar-refractivity contribution in [2.24, 2.45) is 0 Å². The highest BCUT2D eigenvalue weighted by molar-refractivity contribution is 9.11. The van der Waals surface area contributed by atoms with Gasteiger partial charge in [0.15, 0.2) is 0 Å². The second kappa shape index (κ2) is 6.39. The summed E-state index contributed by atoms with van der Waals surface area (Å²) in [5, 5.41) is 0. The van der Waals surface area contributed by atoms with Crippen LogP contribution in [-0.4, -0.2) is 8.42 Å². The molecule has 0 unspecified atom stereocenters. The Balaban J connectivity index is 2.08. The molecule has 0 aliphatic rings. The number of hydrogen-bond donors (Lipinski definition) is 1. The van der Waals surface area contributed by atoms with Crippen molar-refractivity contribution in [3.8, 4) is 0 Å². The van der Waals surface area contributed by atoms with Crippen molar-refractivity contribution in [2.45, 2.75) is 31.0 Å². The largest absolute Gasteiger partial charge is 0.250 e. The normalized spacial score (nSPS) is 11.8. The molecule has 2 rings (SSSR count). The van der Waals surface area contributed by atoms with E-state index in [4.69, 9.17) is 0 Å². The highest BCUT2D eigenvalue weighted by Gasteiger charge is 2.17. The average Bonchev–Trinajstić information content (AvgIpc) is 2.78. The molecule has 0 amide bonds. The lowest BCUT2D eigenvalue weighted by Gasteiger charge is -2.05. The topological polar surface area (TPSA) is 46.2 Å². The molecule has 0 aliphatic carbocycles. The molecule has 0 bridgehead atoms. The number of nitrogens with one attached hydrogen (secondary N) is 1. The van der Waals surface area contributed by atoms with Gasteiger partial charge in [-0.25, -0.2) is 13.1 Å². The van der Waals surface area contributed by atoms with Crippen molar-refractivity contribution in [1.29, 1.82) is 0 Å². The van der Waals surface area contributed by atoms with Gasteiger partial charge in [0.05, 0.1) is 3.79 Å². The van der Waals surface area contributed by atoms with Gasteiger partial charge in [-0.1, -0.05) is 31.2 Å². The van der Waals surface area contributed by atoms with Crippen molar-refractivity contribution in [3.05, 3.63) is 50.8 Å². The number of benzene rings is 1. The molecule has 20 heavy (non-hydrogen) atoms. The van der Waals surface area contributed by atoms with Gasteiger partial charge in [0.1, 0.15) is 4.21 Å². The Morgan fingerprint density at radius 3 is 2.30 bits per heavy atom. The standard InChI is InChI=1S/C14H16BrNO2S2/c1-3-11-4-6-12(7-5-11)9-16-20(17,18)13-8-10(2)14(15)19-13/h4-8,16H,3,9H2,1-2H3. The van der Waals surface area contributed by atoms with Crippen molar-refractivity contribution in [2.75, 3.05) is 0 Å². The molecule has 1 N–H and O–H groups in total. The summed E-state index contributed by atoms with van der Waals surface area (Å²) in [4.78, 5) is 0. The molecule has 0 spiro atoms. The van der Waals surface area contributed by atoms with E-state index in [0.29, 0.717) is 10.8 Å². The maximum Gasteiger partial charge on any atom is 0.250 e. The molecule has 0 aliphatic heterocycles. The molecular weight excluding hydrogens is 358 g/mol. The number of rotatable bonds is 5. The van der Waals surface area contributed by atoms with Gasteiger partial charge in [0.2, 0.25) is 10.0 Å². The number of hydrogen-bond acceptors (Lipinski definition) is 3. The van der Waals surface area contributed by atoms with Crippen LogP contribution in [0.4, 0.5) is 0 Å². The zero-order chi connectivity index (χ0) is 14.8. The fourth-order valence-corrected chi connectivity index (χ4v) is 4.99. The first-order chi connectivity index (χ1) is 9.42. The highest BCUT2D eigenvalue weighted by Crippen LogP contribution is 2.30. The second-order valence-corrected chi connectivity index (χ2v) is 8.88. The summed E-state index contributed by atoms with van der Waals surface area (Å²) in [6.45, 7) is 4.28. The molecule has 0 saturated carbocycles. The van der Waals surface area contributed by atoms with Gasteiger partial charge in [-0.15, -0.1) is 11.3 Å². The Morgan fingerprint density at radius 2 is 1.80 bits per heavy atom. The molecule has 1 aromatic carbocycles. The maximum absolute atomic E-state index is 12.2. The quantitative estimate of drug-likeness (QED) is 0.864. The van der Waals surface area contributed by atoms with Gasteiger partial charge in [0, 0.05) is 6.54 Å². The van der Waals surface area contributed by atoms with E-state index in [-0.39, 0.29) is 0 Å². The van der Waals surface area contributed by atoms with Crippen LogP contribution in [-0.2, 0) is 23.0 Å². The van der Waals surface area contributed by atoms with Crippen LogP contribution in [0.1, 0.15) is 23.6 Å². The van der Waals surface area contributed by atoms with Crippen LogP contribution in [0, 0.1) is 6.92 Å². The van der Waals surface area contributed by atoms with E-state index in [1.165, 1.54) is 16.9 Å². The van der Waals surface area contributed by atoms with E-state index in [2.05, 4.69) is 27.6 Å². The van der Waals surface area contributed by atoms with Crippen LogP contribution < -0.4 is 4.72 Å². The molecule has 1 aromatic heterocycles. The molecule has 0 atom stereocenters. The van der Waals surface area contributed by atoms with Crippen molar-refractivity contribution < 1.29 is 8.42 Å². The minimum atomic E-state index is -3.44. The summed E-state index contributed by atoms with van der Waals surface area (Å²) < 4.78 is 28.2. The van der Waals surface area contributed by atoms with E-state index >= 15 is 0 Å². The lowest BCUT2D eigenvalue weighted by Crippen LogP contribution is -2.22. The van der Waals surface area contributed by atoms with Crippen LogP contribution in [0.5, 0.6) is 0 Å². The highest BCUT2D eigenvalue weighted by atomic mass is 79.9. The number of sulfonamides is 1. The summed E-state index contributed by atoms with van der Waals surface area (Å²) in [6, 6.07) is 9.64. The first-order valence-electron chi connectivity index (χ1n) is 6.26. The maximum atomic E-state index is 12.2. The van der Waals surface area contributed by atoms with E-state index < -0.39 is 10.0 Å². The lowest BCUT2D eigenvalue weighted by molar-refractivity contribution is 0.583. The van der Waals surface area contributed by atoms with E-state index in [0.717, 1.165) is 21.3 Å². The van der Waals surface area contributed by atoms with Gasteiger partial charge >= 0.3 is 0 Å². The Labute approximate surface area is 132 Å². The van der Waals surface area contributed by atoms with Crippen LogP contribution >= 0.6 is 27.3 Å². The van der Waals surface area contributed by atoms with Crippen molar-refractivity contribution >= 4 is 37.3 Å². The summed E-state index contributed by atoms with van der Waals surface area (Å²) in [7, 11) is -3.44. The smallest absolute Gasteiger partial charge is 0.206 e. The second-order valence-electron chi connectivity index (χ2n) is 4.52. The summed E-state index contributed by atoms with van der Waals surface area (Å²) in [5.41, 5.74) is 3.13. The minimum absolute atomic E-state index is 0.306. The summed E-state index contributed by atoms with van der Waals surface area (Å²) in [5.74, 6) is 0. The zero-order valence-electron chi connectivity index (χ0n) is 11.3. The van der Waals surface area contributed by atoms with Crippen LogP contribution in [0.15, 0.2) is 38.3 Å². The molecule has 2 aromatic rings. The first kappa shape index (κ1) is 15.7. The first-order valence-corrected chi connectivity index (χ1v) is 9.35. The molecular formula is C14H16BrNO2S2. The summed E-state index contributed by atoms with van der Waals surface area (Å²) in [6.07, 6.45) is 0.981. The zero-order valence-corrected chi connectivity index (χ0v) is 14.5. The van der Waals surface area contributed by atoms with E-state index in [1.807, 2.05) is 31.2 Å². The van der Waals surface area contributed by atoms with Gasteiger partial charge in [-0.05, 0) is 52.0 Å². The number of aryl methyl sites for hydroxylation is 2. The molecule has 1 heterocycles. The van der Waals surface area contributed by atoms with Crippen molar-refractivity contribution in [1.82, 2.24) is 4.72 Å². The lowest BCUT2D eigenvalue weighted by atomic mass is 10.1. The molecule has 0 radical (unpaired) electrons. The Kier molecular flexibility index (Phi) is 5.01. The van der Waals surface area contributed by atoms with E-state index in [9.17, 15) is 8.42 Å². The predicted octanol–water partition coefficient (Wildman–Crippen LogP) is 3.86. The minimum Gasteiger partial charge on any atom is -0.206 e. The summed E-state index contributed by atoms with van der Waals surface area (Å²) >= 11 is 4.58. The van der Waals surface area contributed by atoms with Gasteiger partial charge in [-0.2, -0.15) is 0 Å². The number of halogens is 1. The Bertz CT molecular complexity index is 671. The fraction of sp³-hybridized carbons (Fsp3) is 0.286. The third-order valence-corrected chi connectivity index (χ3v) is 7.01. The third kappa shape index (κ3) is 3.69. The van der Waals surface area contributed by atoms with Gasteiger partial charge < -0.3 is 0 Å². The third-order valence-electron chi connectivity index (χ3n) is 3.00. The van der Waals surface area contributed by atoms with Crippen LogP contribution in [0.3, 0.4) is 0 Å². The molecule has 0 fully saturated rings. The van der Waals surface area contributed by atoms with Gasteiger partial charge in [-0.3, -0.25) is 0 Å².